The number of hydrogen-bond donors (Lipinski definition) is 3. The lowest BCUT2D eigenvalue weighted by atomic mass is 9.79. The van der Waals surface area contributed by atoms with Gasteiger partial charge in [0, 0.05) is 28.3 Å². The third-order valence-corrected chi connectivity index (χ3v) is 4.76. The smallest absolute Gasteiger partial charge is 0.128 e. The first-order chi connectivity index (χ1) is 12.2. The van der Waals surface area contributed by atoms with Crippen LogP contribution in [0.4, 0.5) is 0 Å². The molecule has 1 fully saturated rings. The minimum atomic E-state index is -0.00524. The van der Waals surface area contributed by atoms with Crippen molar-refractivity contribution in [3.8, 4) is 11.5 Å². The molecule has 4 nitrogen and oxygen atoms in total. The number of aliphatic imine (C=N–C) groups is 1. The number of phenols is 2. The summed E-state index contributed by atoms with van der Waals surface area (Å²) in [6.45, 7) is 8.82. The van der Waals surface area contributed by atoms with Crippen LogP contribution in [-0.4, -0.2) is 33.0 Å². The molecule has 0 aliphatic carbocycles. The molecule has 2 aromatic rings. The summed E-state index contributed by atoms with van der Waals surface area (Å²) in [5.74, 6) is 0.0860. The molecule has 0 radical (unpaired) electrons. The van der Waals surface area contributed by atoms with Crippen molar-refractivity contribution >= 4 is 5.71 Å². The largest absolute Gasteiger partial charge is 0.508 e. The van der Waals surface area contributed by atoms with Crippen LogP contribution in [0.15, 0.2) is 53.5 Å². The Balaban J connectivity index is 2.07. The number of hydrogen-bond acceptors (Lipinski definition) is 4. The molecule has 2 aromatic carbocycles. The fourth-order valence-electron chi connectivity index (χ4n) is 4.16. The maximum Gasteiger partial charge on any atom is 0.128 e. The predicted octanol–water partition coefficient (Wildman–Crippen LogP) is 4.24. The Morgan fingerprint density at radius 2 is 1.58 bits per heavy atom. The van der Waals surface area contributed by atoms with Gasteiger partial charge in [0.25, 0.3) is 0 Å². The van der Waals surface area contributed by atoms with Gasteiger partial charge in [-0.3, -0.25) is 4.99 Å². The van der Waals surface area contributed by atoms with E-state index in [-0.39, 0.29) is 28.6 Å². The first kappa shape index (κ1) is 18.5. The van der Waals surface area contributed by atoms with Gasteiger partial charge in [-0.2, -0.15) is 0 Å². The Morgan fingerprint density at radius 3 is 2.15 bits per heavy atom. The van der Waals surface area contributed by atoms with E-state index in [1.54, 1.807) is 12.1 Å². The van der Waals surface area contributed by atoms with E-state index < -0.39 is 0 Å². The summed E-state index contributed by atoms with van der Waals surface area (Å²) < 4.78 is 0. The molecule has 1 heterocycles. The van der Waals surface area contributed by atoms with Crippen molar-refractivity contribution in [1.29, 1.82) is 0 Å². The third-order valence-electron chi connectivity index (χ3n) is 4.76. The predicted molar refractivity (Wildman–Crippen MR) is 106 cm³/mol. The molecule has 26 heavy (non-hydrogen) atoms. The Labute approximate surface area is 155 Å². The number of benzene rings is 2. The van der Waals surface area contributed by atoms with Gasteiger partial charge in [0.1, 0.15) is 11.5 Å². The lowest BCUT2D eigenvalue weighted by Crippen LogP contribution is -2.58. The van der Waals surface area contributed by atoms with E-state index in [0.717, 1.165) is 24.1 Å². The highest BCUT2D eigenvalue weighted by molar-refractivity contribution is 6.14. The minimum Gasteiger partial charge on any atom is -0.508 e. The summed E-state index contributed by atoms with van der Waals surface area (Å²) in [6, 6.07) is 14.7. The van der Waals surface area contributed by atoms with Gasteiger partial charge < -0.3 is 15.5 Å². The molecule has 3 N–H and O–H groups in total. The van der Waals surface area contributed by atoms with Crippen LogP contribution in [0.1, 0.15) is 51.7 Å². The van der Waals surface area contributed by atoms with Gasteiger partial charge in [-0.15, -0.1) is 0 Å². The van der Waals surface area contributed by atoms with E-state index in [9.17, 15) is 10.2 Å². The number of rotatable bonds is 3. The molecule has 4 heteroatoms. The molecule has 1 aliphatic rings. The third kappa shape index (κ3) is 4.25. The fraction of sp³-hybridized carbons (Fsp3) is 0.409. The van der Waals surface area contributed by atoms with Crippen molar-refractivity contribution in [2.24, 2.45) is 4.99 Å². The molecule has 0 spiro atoms. The van der Waals surface area contributed by atoms with E-state index in [1.807, 2.05) is 30.3 Å². The zero-order valence-electron chi connectivity index (χ0n) is 16.0. The zero-order valence-corrected chi connectivity index (χ0v) is 16.0. The molecule has 138 valence electrons. The number of nitrogens with zero attached hydrogens (tertiary/aromatic N) is 1. The van der Waals surface area contributed by atoms with Crippen LogP contribution in [0.2, 0.25) is 0 Å². The number of nitrogens with one attached hydrogen (secondary N) is 1. The van der Waals surface area contributed by atoms with Gasteiger partial charge in [0.2, 0.25) is 0 Å². The van der Waals surface area contributed by atoms with Gasteiger partial charge >= 0.3 is 0 Å². The number of phenolic OH excluding ortho intramolecular Hbond substituents is 2. The van der Waals surface area contributed by atoms with Gasteiger partial charge in [0.05, 0.1) is 11.8 Å². The average Bonchev–Trinajstić information content (AvgIpc) is 2.51. The van der Waals surface area contributed by atoms with Crippen LogP contribution in [0, 0.1) is 0 Å². The van der Waals surface area contributed by atoms with Crippen LogP contribution in [0.3, 0.4) is 0 Å². The highest BCUT2D eigenvalue weighted by Crippen LogP contribution is 2.32. The van der Waals surface area contributed by atoms with E-state index >= 15 is 0 Å². The molecule has 0 amide bonds. The number of aromatic hydroxyl groups is 2. The SMILES string of the molecule is CC1(C)CC(N=C(c2ccccc2)c2ccc(O)cc2O)CC(C)(C)N1. The maximum absolute atomic E-state index is 10.4. The summed E-state index contributed by atoms with van der Waals surface area (Å²) >= 11 is 0. The van der Waals surface area contributed by atoms with Crippen molar-refractivity contribution < 1.29 is 10.2 Å². The summed E-state index contributed by atoms with van der Waals surface area (Å²) in [6.07, 6.45) is 1.84. The lowest BCUT2D eigenvalue weighted by Gasteiger charge is -2.45. The summed E-state index contributed by atoms with van der Waals surface area (Å²) in [7, 11) is 0. The first-order valence-corrected chi connectivity index (χ1v) is 9.10. The summed E-state index contributed by atoms with van der Waals surface area (Å²) in [4.78, 5) is 5.09. The van der Waals surface area contributed by atoms with Crippen molar-refractivity contribution in [1.82, 2.24) is 5.32 Å². The molecule has 1 aliphatic heterocycles. The summed E-state index contributed by atoms with van der Waals surface area (Å²) in [5.41, 5.74) is 2.36. The monoisotopic (exact) mass is 352 g/mol. The molecule has 3 rings (SSSR count). The Kier molecular flexibility index (Phi) is 4.80. The van der Waals surface area contributed by atoms with Crippen molar-refractivity contribution in [3.05, 3.63) is 59.7 Å². The molecule has 0 saturated carbocycles. The maximum atomic E-state index is 10.4. The van der Waals surface area contributed by atoms with E-state index in [1.165, 1.54) is 6.07 Å². The van der Waals surface area contributed by atoms with E-state index in [2.05, 4.69) is 33.0 Å². The molecule has 1 saturated heterocycles. The van der Waals surface area contributed by atoms with Crippen molar-refractivity contribution in [3.63, 3.8) is 0 Å². The molecule has 0 aromatic heterocycles. The zero-order chi connectivity index (χ0) is 18.9. The van der Waals surface area contributed by atoms with E-state index in [0.29, 0.717) is 5.56 Å². The van der Waals surface area contributed by atoms with Gasteiger partial charge in [0.15, 0.2) is 0 Å². The quantitative estimate of drug-likeness (QED) is 0.724. The van der Waals surface area contributed by atoms with Crippen LogP contribution < -0.4 is 5.32 Å². The van der Waals surface area contributed by atoms with Crippen LogP contribution in [0.25, 0.3) is 0 Å². The lowest BCUT2D eigenvalue weighted by molar-refractivity contribution is 0.164. The van der Waals surface area contributed by atoms with Gasteiger partial charge in [-0.25, -0.2) is 0 Å². The van der Waals surface area contributed by atoms with Gasteiger partial charge in [-0.05, 0) is 52.7 Å². The first-order valence-electron chi connectivity index (χ1n) is 9.10. The highest BCUT2D eigenvalue weighted by Gasteiger charge is 2.37. The normalized spacial score (nSPS) is 20.1. The Bertz CT molecular complexity index is 794. The molecule has 0 bridgehead atoms. The minimum absolute atomic E-state index is 0.00524. The van der Waals surface area contributed by atoms with Crippen LogP contribution in [0.5, 0.6) is 11.5 Å². The molecular formula is C22H28N2O2. The molecular weight excluding hydrogens is 324 g/mol. The standard InChI is InChI=1S/C22H28N2O2/c1-21(2)13-16(14-22(3,4)24-21)23-20(15-8-6-5-7-9-15)18-11-10-17(25)12-19(18)26/h5-12,16,24-26H,13-14H2,1-4H3. The second-order valence-corrected chi connectivity index (χ2v) is 8.50. The Hall–Kier alpha value is -2.33. The van der Waals surface area contributed by atoms with Gasteiger partial charge in [-0.1, -0.05) is 30.3 Å². The molecule has 0 unspecified atom stereocenters. The average molecular weight is 352 g/mol. The van der Waals surface area contributed by atoms with Crippen LogP contribution in [-0.2, 0) is 0 Å². The Morgan fingerprint density at radius 1 is 0.962 bits per heavy atom. The summed E-state index contributed by atoms with van der Waals surface area (Å²) in [5, 5.41) is 23.7. The topological polar surface area (TPSA) is 64.9 Å². The second kappa shape index (κ2) is 6.76. The van der Waals surface area contributed by atoms with Crippen molar-refractivity contribution in [2.45, 2.75) is 57.7 Å². The van der Waals surface area contributed by atoms with Crippen LogP contribution >= 0.6 is 0 Å². The molecule has 0 atom stereocenters. The second-order valence-electron chi connectivity index (χ2n) is 8.50. The van der Waals surface area contributed by atoms with Crippen molar-refractivity contribution in [2.75, 3.05) is 0 Å². The van der Waals surface area contributed by atoms with E-state index in [4.69, 9.17) is 4.99 Å². The number of piperidine rings is 1. The highest BCUT2D eigenvalue weighted by atomic mass is 16.3. The fourth-order valence-corrected chi connectivity index (χ4v) is 4.16.